The van der Waals surface area contributed by atoms with Crippen molar-refractivity contribution in [3.63, 3.8) is 0 Å². The molecule has 2 N–H and O–H groups in total. The lowest BCUT2D eigenvalue weighted by atomic mass is 10.2. The first-order valence-corrected chi connectivity index (χ1v) is 4.84. The first-order valence-electron chi connectivity index (χ1n) is 4.46. The summed E-state index contributed by atoms with van der Waals surface area (Å²) in [6.45, 7) is 0.815. The van der Waals surface area contributed by atoms with Gasteiger partial charge in [-0.2, -0.15) is 0 Å². The van der Waals surface area contributed by atoms with E-state index < -0.39 is 0 Å². The predicted molar refractivity (Wildman–Crippen MR) is 53.0 cm³/mol. The lowest BCUT2D eigenvalue weighted by Gasteiger charge is -2.04. The Bertz CT molecular complexity index is 310. The highest BCUT2D eigenvalue weighted by Crippen LogP contribution is 2.24. The van der Waals surface area contributed by atoms with Crippen LogP contribution in [0.15, 0.2) is 18.2 Å². The van der Waals surface area contributed by atoms with Crippen molar-refractivity contribution in [1.82, 2.24) is 5.32 Å². The summed E-state index contributed by atoms with van der Waals surface area (Å²) in [6.07, 6.45) is 2.55. The summed E-state index contributed by atoms with van der Waals surface area (Å²) >= 11 is 5.69. The van der Waals surface area contributed by atoms with Crippen LogP contribution in [0, 0.1) is 0 Å². The highest BCUT2D eigenvalue weighted by molar-refractivity contribution is 6.31. The molecular weight excluding hydrogens is 186 g/mol. The van der Waals surface area contributed by atoms with E-state index in [2.05, 4.69) is 5.32 Å². The molecule has 1 fully saturated rings. The van der Waals surface area contributed by atoms with E-state index in [0.29, 0.717) is 11.1 Å². The molecule has 0 unspecified atom stereocenters. The van der Waals surface area contributed by atoms with Crippen LogP contribution in [0.3, 0.4) is 0 Å². The van der Waals surface area contributed by atoms with Crippen molar-refractivity contribution in [2.75, 3.05) is 0 Å². The third kappa shape index (κ3) is 2.36. The summed E-state index contributed by atoms with van der Waals surface area (Å²) in [6, 6.07) is 6.05. The smallest absolute Gasteiger partial charge is 0.134 e. The van der Waals surface area contributed by atoms with Crippen LogP contribution in [0.1, 0.15) is 18.4 Å². The molecule has 3 heteroatoms. The molecule has 0 saturated heterocycles. The summed E-state index contributed by atoms with van der Waals surface area (Å²) in [5, 5.41) is 13.1. The molecule has 70 valence electrons. The Morgan fingerprint density at radius 1 is 1.46 bits per heavy atom. The van der Waals surface area contributed by atoms with Crippen LogP contribution < -0.4 is 5.32 Å². The molecule has 1 saturated carbocycles. The van der Waals surface area contributed by atoms with Gasteiger partial charge in [0, 0.05) is 12.6 Å². The lowest BCUT2D eigenvalue weighted by Crippen LogP contribution is -2.14. The highest BCUT2D eigenvalue weighted by atomic mass is 35.5. The van der Waals surface area contributed by atoms with E-state index in [-0.39, 0.29) is 5.75 Å². The molecule has 0 aliphatic heterocycles. The number of hydrogen-bond acceptors (Lipinski definition) is 2. The average molecular weight is 198 g/mol. The van der Waals surface area contributed by atoms with Crippen molar-refractivity contribution in [1.29, 1.82) is 0 Å². The van der Waals surface area contributed by atoms with Crippen LogP contribution in [-0.2, 0) is 6.54 Å². The molecule has 0 aromatic heterocycles. The number of hydrogen-bond donors (Lipinski definition) is 2. The number of benzene rings is 1. The van der Waals surface area contributed by atoms with Gasteiger partial charge in [-0.15, -0.1) is 0 Å². The second kappa shape index (κ2) is 3.56. The monoisotopic (exact) mass is 197 g/mol. The number of nitrogens with one attached hydrogen (secondary N) is 1. The lowest BCUT2D eigenvalue weighted by molar-refractivity contribution is 0.474. The van der Waals surface area contributed by atoms with E-state index in [1.807, 2.05) is 6.07 Å². The minimum Gasteiger partial charge on any atom is -0.506 e. The molecule has 13 heavy (non-hydrogen) atoms. The maximum absolute atomic E-state index is 9.32. The molecule has 1 aliphatic rings. The van der Waals surface area contributed by atoms with E-state index in [4.69, 9.17) is 11.6 Å². The van der Waals surface area contributed by atoms with Gasteiger partial charge in [0.2, 0.25) is 0 Å². The fourth-order valence-electron chi connectivity index (χ4n) is 1.22. The van der Waals surface area contributed by atoms with Crippen LogP contribution in [0.25, 0.3) is 0 Å². The predicted octanol–water partition coefficient (Wildman–Crippen LogP) is 2.30. The van der Waals surface area contributed by atoms with E-state index in [1.165, 1.54) is 12.8 Å². The summed E-state index contributed by atoms with van der Waals surface area (Å²) in [4.78, 5) is 0. The van der Waals surface area contributed by atoms with Crippen LogP contribution >= 0.6 is 11.6 Å². The quantitative estimate of drug-likeness (QED) is 0.780. The summed E-state index contributed by atoms with van der Waals surface area (Å²) in [5.74, 6) is 0.164. The van der Waals surface area contributed by atoms with Crippen molar-refractivity contribution >= 4 is 11.6 Å². The minimum atomic E-state index is 0.164. The average Bonchev–Trinajstić information content (AvgIpc) is 2.91. The second-order valence-electron chi connectivity index (χ2n) is 3.44. The molecule has 0 heterocycles. The van der Waals surface area contributed by atoms with Gasteiger partial charge in [-0.3, -0.25) is 0 Å². The fourth-order valence-corrected chi connectivity index (χ4v) is 1.34. The largest absolute Gasteiger partial charge is 0.506 e. The highest BCUT2D eigenvalue weighted by Gasteiger charge is 2.19. The van der Waals surface area contributed by atoms with Crippen LogP contribution in [0.4, 0.5) is 0 Å². The van der Waals surface area contributed by atoms with E-state index >= 15 is 0 Å². The van der Waals surface area contributed by atoms with Crippen molar-refractivity contribution < 1.29 is 5.11 Å². The Labute approximate surface area is 82.5 Å². The topological polar surface area (TPSA) is 32.3 Å². The maximum Gasteiger partial charge on any atom is 0.134 e. The number of aromatic hydroxyl groups is 1. The van der Waals surface area contributed by atoms with Crippen molar-refractivity contribution in [2.24, 2.45) is 0 Å². The molecule has 1 aromatic rings. The molecule has 0 radical (unpaired) electrons. The van der Waals surface area contributed by atoms with Gasteiger partial charge >= 0.3 is 0 Å². The Morgan fingerprint density at radius 3 is 2.85 bits per heavy atom. The summed E-state index contributed by atoms with van der Waals surface area (Å²) < 4.78 is 0. The molecule has 2 nitrogen and oxygen atoms in total. The van der Waals surface area contributed by atoms with Gasteiger partial charge in [0.1, 0.15) is 5.75 Å². The van der Waals surface area contributed by atoms with Crippen LogP contribution in [-0.4, -0.2) is 11.1 Å². The first-order chi connectivity index (χ1) is 6.25. The standard InChI is InChI=1S/C10H12ClNO/c11-9-4-1-7(5-10(9)13)6-12-8-2-3-8/h1,4-5,8,12-13H,2-3,6H2. The normalized spacial score (nSPS) is 16.1. The molecule has 0 atom stereocenters. The zero-order chi connectivity index (χ0) is 9.26. The molecule has 1 aliphatic carbocycles. The number of phenols is 1. The van der Waals surface area contributed by atoms with Gasteiger partial charge < -0.3 is 10.4 Å². The first kappa shape index (κ1) is 8.85. The molecule has 0 bridgehead atoms. The maximum atomic E-state index is 9.32. The van der Waals surface area contributed by atoms with E-state index in [9.17, 15) is 5.11 Å². The van der Waals surface area contributed by atoms with Gasteiger partial charge in [-0.05, 0) is 30.5 Å². The molecule has 0 spiro atoms. The third-order valence-corrected chi connectivity index (χ3v) is 2.50. The van der Waals surface area contributed by atoms with Gasteiger partial charge in [0.15, 0.2) is 0 Å². The van der Waals surface area contributed by atoms with Gasteiger partial charge in [-0.25, -0.2) is 0 Å². The zero-order valence-corrected chi connectivity index (χ0v) is 8.01. The van der Waals surface area contributed by atoms with E-state index in [1.54, 1.807) is 12.1 Å². The number of phenolic OH excluding ortho intramolecular Hbond substituents is 1. The van der Waals surface area contributed by atoms with Gasteiger partial charge in [0.05, 0.1) is 5.02 Å². The van der Waals surface area contributed by atoms with Crippen molar-refractivity contribution in [3.8, 4) is 5.75 Å². The van der Waals surface area contributed by atoms with Gasteiger partial charge in [-0.1, -0.05) is 17.7 Å². The SMILES string of the molecule is Oc1cc(CNC2CC2)ccc1Cl. The zero-order valence-electron chi connectivity index (χ0n) is 7.26. The summed E-state index contributed by atoms with van der Waals surface area (Å²) in [7, 11) is 0. The van der Waals surface area contributed by atoms with E-state index in [0.717, 1.165) is 12.1 Å². The Kier molecular flexibility index (Phi) is 2.42. The Morgan fingerprint density at radius 2 is 2.23 bits per heavy atom. The molecular formula is C10H12ClNO. The summed E-state index contributed by atoms with van der Waals surface area (Å²) in [5.41, 5.74) is 1.08. The minimum absolute atomic E-state index is 0.164. The third-order valence-electron chi connectivity index (χ3n) is 2.18. The Hall–Kier alpha value is -0.730. The van der Waals surface area contributed by atoms with Crippen molar-refractivity contribution in [3.05, 3.63) is 28.8 Å². The fraction of sp³-hybridized carbons (Fsp3) is 0.400. The molecule has 2 rings (SSSR count). The van der Waals surface area contributed by atoms with Crippen LogP contribution in [0.5, 0.6) is 5.75 Å². The van der Waals surface area contributed by atoms with Crippen molar-refractivity contribution in [2.45, 2.75) is 25.4 Å². The number of halogens is 1. The Balaban J connectivity index is 1.98. The van der Waals surface area contributed by atoms with Crippen LogP contribution in [0.2, 0.25) is 5.02 Å². The molecule has 0 amide bonds. The number of rotatable bonds is 3. The second-order valence-corrected chi connectivity index (χ2v) is 3.85. The van der Waals surface area contributed by atoms with Gasteiger partial charge in [0.25, 0.3) is 0 Å². The molecule has 1 aromatic carbocycles.